The maximum absolute atomic E-state index is 12.7. The third-order valence-corrected chi connectivity index (χ3v) is 6.46. The fourth-order valence-corrected chi connectivity index (χ4v) is 4.57. The Kier molecular flexibility index (Phi) is 5.84. The Morgan fingerprint density at radius 3 is 2.48 bits per heavy atom. The van der Waals surface area contributed by atoms with E-state index < -0.39 is 11.5 Å². The SMILES string of the molecule is CC1CCN(Cc2ccc(NC(=O)c3cc4c([nH]c3=O)CC(C)(C)CC4=O)cc2)CC1. The molecule has 2 aromatic rings. The molecule has 1 aliphatic heterocycles. The van der Waals surface area contributed by atoms with Crippen LogP contribution in [-0.4, -0.2) is 34.7 Å². The van der Waals surface area contributed by atoms with Crippen molar-refractivity contribution in [2.24, 2.45) is 11.3 Å². The third-order valence-electron chi connectivity index (χ3n) is 6.46. The van der Waals surface area contributed by atoms with Gasteiger partial charge in [0.05, 0.1) is 0 Å². The van der Waals surface area contributed by atoms with Crippen molar-refractivity contribution in [3.63, 3.8) is 0 Å². The van der Waals surface area contributed by atoms with Crippen LogP contribution in [0, 0.1) is 11.3 Å². The number of Topliss-reactive ketones (excluding diaryl/α,β-unsaturated/α-hetero) is 1. The molecule has 1 aromatic heterocycles. The molecule has 0 spiro atoms. The quantitative estimate of drug-likeness (QED) is 0.781. The number of hydrogen-bond donors (Lipinski definition) is 2. The van der Waals surface area contributed by atoms with Gasteiger partial charge < -0.3 is 10.3 Å². The van der Waals surface area contributed by atoms with E-state index in [2.05, 4.69) is 22.1 Å². The number of piperidine rings is 1. The van der Waals surface area contributed by atoms with Crippen LogP contribution in [0.5, 0.6) is 0 Å². The highest BCUT2D eigenvalue weighted by Gasteiger charge is 2.32. The lowest BCUT2D eigenvalue weighted by Gasteiger charge is -2.30. The Morgan fingerprint density at radius 2 is 1.81 bits per heavy atom. The summed E-state index contributed by atoms with van der Waals surface area (Å²) in [6.45, 7) is 9.46. The molecule has 31 heavy (non-hydrogen) atoms. The van der Waals surface area contributed by atoms with Crippen LogP contribution in [0.3, 0.4) is 0 Å². The summed E-state index contributed by atoms with van der Waals surface area (Å²) in [5.74, 6) is 0.273. The van der Waals surface area contributed by atoms with Crippen LogP contribution in [0.2, 0.25) is 0 Å². The fourth-order valence-electron chi connectivity index (χ4n) is 4.57. The molecule has 1 aromatic carbocycles. The monoisotopic (exact) mass is 421 g/mol. The molecular weight excluding hydrogens is 390 g/mol. The lowest BCUT2D eigenvalue weighted by molar-refractivity contribution is 0.0910. The van der Waals surface area contributed by atoms with Crippen LogP contribution >= 0.6 is 0 Å². The fraction of sp³-hybridized carbons (Fsp3) is 0.480. The van der Waals surface area contributed by atoms with Gasteiger partial charge in [-0.3, -0.25) is 19.3 Å². The van der Waals surface area contributed by atoms with E-state index in [1.54, 1.807) is 0 Å². The smallest absolute Gasteiger partial charge is 0.261 e. The number of carbonyl (C=O) groups excluding carboxylic acids is 2. The van der Waals surface area contributed by atoms with Crippen LogP contribution < -0.4 is 10.9 Å². The maximum Gasteiger partial charge on any atom is 0.261 e. The van der Waals surface area contributed by atoms with Gasteiger partial charge in [-0.1, -0.05) is 32.9 Å². The first-order chi connectivity index (χ1) is 14.7. The number of nitrogens with zero attached hydrogens (tertiary/aromatic N) is 1. The summed E-state index contributed by atoms with van der Waals surface area (Å²) in [5, 5.41) is 2.79. The molecule has 0 radical (unpaired) electrons. The standard InChI is InChI=1S/C25H31N3O3/c1-16-8-10-28(11-9-16)15-17-4-6-18(7-5-17)26-23(30)20-12-19-21(27-24(20)31)13-25(2,3)14-22(19)29/h4-7,12,16H,8-11,13-15H2,1-3H3,(H,26,30)(H,27,31). The number of benzene rings is 1. The zero-order chi connectivity index (χ0) is 22.2. The minimum Gasteiger partial charge on any atom is -0.325 e. The summed E-state index contributed by atoms with van der Waals surface area (Å²) < 4.78 is 0. The normalized spacial score (nSPS) is 19.1. The second kappa shape index (κ2) is 8.42. The van der Waals surface area contributed by atoms with E-state index in [4.69, 9.17) is 0 Å². The summed E-state index contributed by atoms with van der Waals surface area (Å²) >= 11 is 0. The minimum absolute atomic E-state index is 0.0293. The topological polar surface area (TPSA) is 82.3 Å². The van der Waals surface area contributed by atoms with E-state index >= 15 is 0 Å². The molecule has 6 heteroatoms. The predicted molar refractivity (Wildman–Crippen MR) is 122 cm³/mol. The molecule has 0 saturated carbocycles. The number of nitrogens with one attached hydrogen (secondary N) is 2. The Balaban J connectivity index is 1.44. The Hall–Kier alpha value is -2.73. The number of aromatic amines is 1. The number of carbonyl (C=O) groups is 2. The average molecular weight is 422 g/mol. The van der Waals surface area contributed by atoms with E-state index in [1.165, 1.54) is 24.5 Å². The molecule has 4 rings (SSSR count). The Labute approximate surface area is 183 Å². The lowest BCUT2D eigenvalue weighted by Crippen LogP contribution is -2.33. The molecule has 164 valence electrons. The van der Waals surface area contributed by atoms with E-state index in [0.717, 1.165) is 25.6 Å². The summed E-state index contributed by atoms with van der Waals surface area (Å²) in [4.78, 5) is 43.0. The van der Waals surface area contributed by atoms with E-state index in [9.17, 15) is 14.4 Å². The number of H-pyrrole nitrogens is 1. The van der Waals surface area contributed by atoms with Gasteiger partial charge in [-0.15, -0.1) is 0 Å². The molecule has 0 unspecified atom stereocenters. The number of pyridine rings is 1. The first-order valence-corrected chi connectivity index (χ1v) is 11.1. The second-order valence-corrected chi connectivity index (χ2v) is 9.96. The number of hydrogen-bond acceptors (Lipinski definition) is 4. The van der Waals surface area contributed by atoms with Gasteiger partial charge in [-0.25, -0.2) is 0 Å². The highest BCUT2D eigenvalue weighted by molar-refractivity contribution is 6.06. The summed E-state index contributed by atoms with van der Waals surface area (Å²) in [6.07, 6.45) is 3.50. The molecule has 2 heterocycles. The molecule has 2 aliphatic rings. The van der Waals surface area contributed by atoms with Crippen molar-refractivity contribution >= 4 is 17.4 Å². The van der Waals surface area contributed by atoms with Gasteiger partial charge in [-0.05, 0) is 67.4 Å². The first kappa shape index (κ1) is 21.5. The van der Waals surface area contributed by atoms with Gasteiger partial charge in [0.25, 0.3) is 11.5 Å². The second-order valence-electron chi connectivity index (χ2n) is 9.96. The van der Waals surface area contributed by atoms with Crippen LogP contribution in [0.4, 0.5) is 5.69 Å². The van der Waals surface area contributed by atoms with Crippen molar-refractivity contribution in [1.29, 1.82) is 0 Å². The van der Waals surface area contributed by atoms with E-state index in [0.29, 0.717) is 29.8 Å². The van der Waals surface area contributed by atoms with Crippen LogP contribution in [-0.2, 0) is 13.0 Å². The first-order valence-electron chi connectivity index (χ1n) is 11.1. The summed E-state index contributed by atoms with van der Waals surface area (Å²) in [6, 6.07) is 9.19. The number of likely N-dealkylation sites (tertiary alicyclic amines) is 1. The van der Waals surface area contributed by atoms with Gasteiger partial charge in [0.2, 0.25) is 0 Å². The Morgan fingerprint density at radius 1 is 1.13 bits per heavy atom. The third kappa shape index (κ3) is 4.96. The van der Waals surface area contributed by atoms with Gasteiger partial charge >= 0.3 is 0 Å². The van der Waals surface area contributed by atoms with Gasteiger partial charge in [0, 0.05) is 29.9 Å². The molecule has 1 amide bonds. The summed E-state index contributed by atoms with van der Waals surface area (Å²) in [5.41, 5.74) is 2.23. The number of ketones is 1. The van der Waals surface area contributed by atoms with Crippen molar-refractivity contribution in [3.05, 3.63) is 63.1 Å². The Bertz CT molecular complexity index is 1040. The largest absolute Gasteiger partial charge is 0.325 e. The van der Waals surface area contributed by atoms with E-state index in [-0.39, 0.29) is 16.8 Å². The van der Waals surface area contributed by atoms with Gasteiger partial charge in [-0.2, -0.15) is 0 Å². The zero-order valence-electron chi connectivity index (χ0n) is 18.6. The average Bonchev–Trinajstić information content (AvgIpc) is 2.69. The molecule has 0 bridgehead atoms. The molecule has 0 atom stereocenters. The van der Waals surface area contributed by atoms with Crippen molar-refractivity contribution in [1.82, 2.24) is 9.88 Å². The molecule has 1 saturated heterocycles. The van der Waals surface area contributed by atoms with Crippen molar-refractivity contribution in [3.8, 4) is 0 Å². The maximum atomic E-state index is 12.7. The van der Waals surface area contributed by atoms with Crippen LogP contribution in [0.15, 0.2) is 35.1 Å². The zero-order valence-corrected chi connectivity index (χ0v) is 18.6. The molecule has 1 aliphatic carbocycles. The molecular formula is C25H31N3O3. The number of anilines is 1. The van der Waals surface area contributed by atoms with Crippen LogP contribution in [0.1, 0.15) is 72.0 Å². The van der Waals surface area contributed by atoms with Crippen molar-refractivity contribution in [2.75, 3.05) is 18.4 Å². The highest BCUT2D eigenvalue weighted by Crippen LogP contribution is 2.33. The number of amides is 1. The molecule has 6 nitrogen and oxygen atoms in total. The van der Waals surface area contributed by atoms with E-state index in [1.807, 2.05) is 38.1 Å². The van der Waals surface area contributed by atoms with Crippen molar-refractivity contribution < 1.29 is 9.59 Å². The van der Waals surface area contributed by atoms with Crippen LogP contribution in [0.25, 0.3) is 0 Å². The number of fused-ring (bicyclic) bond motifs is 1. The molecule has 1 fully saturated rings. The number of aromatic nitrogens is 1. The van der Waals surface area contributed by atoms with Crippen molar-refractivity contribution in [2.45, 2.75) is 53.0 Å². The molecule has 2 N–H and O–H groups in total. The highest BCUT2D eigenvalue weighted by atomic mass is 16.2. The lowest BCUT2D eigenvalue weighted by atomic mass is 9.75. The van der Waals surface area contributed by atoms with Gasteiger partial charge in [0.15, 0.2) is 5.78 Å². The predicted octanol–water partition coefficient (Wildman–Crippen LogP) is 4.01. The van der Waals surface area contributed by atoms with Gasteiger partial charge in [0.1, 0.15) is 5.56 Å². The minimum atomic E-state index is -0.501. The summed E-state index contributed by atoms with van der Waals surface area (Å²) in [7, 11) is 0. The number of rotatable bonds is 4.